The van der Waals surface area contributed by atoms with Crippen LogP contribution >= 0.6 is 0 Å². The van der Waals surface area contributed by atoms with Crippen LogP contribution in [0.15, 0.2) is 118 Å². The fraction of sp³-hybridized carbons (Fsp3) is 0.200. The molecule has 1 aromatic heterocycles. The molecule has 0 unspecified atom stereocenters. The Labute approximate surface area is 204 Å². The zero-order valence-corrected chi connectivity index (χ0v) is 19.7. The van der Waals surface area contributed by atoms with Crippen LogP contribution < -0.4 is 11.2 Å². The van der Waals surface area contributed by atoms with Crippen LogP contribution in [0.4, 0.5) is 0 Å². The minimum atomic E-state index is -0.784. The van der Waals surface area contributed by atoms with Crippen LogP contribution in [0, 0.1) is 6.92 Å². The van der Waals surface area contributed by atoms with Crippen LogP contribution in [0.3, 0.4) is 0 Å². The van der Waals surface area contributed by atoms with Gasteiger partial charge in [-0.2, -0.15) is 0 Å². The highest BCUT2D eigenvalue weighted by atomic mass is 16.5. The monoisotopic (exact) mass is 464 g/mol. The summed E-state index contributed by atoms with van der Waals surface area (Å²) < 4.78 is 8.55. The van der Waals surface area contributed by atoms with Crippen molar-refractivity contribution in [3.63, 3.8) is 0 Å². The second-order valence-electron chi connectivity index (χ2n) is 9.00. The van der Waals surface area contributed by atoms with Gasteiger partial charge in [-0.25, -0.2) is 4.79 Å². The van der Waals surface area contributed by atoms with Crippen molar-refractivity contribution in [2.45, 2.75) is 31.4 Å². The number of nitrogens with one attached hydrogen (secondary N) is 1. The molecule has 0 saturated heterocycles. The van der Waals surface area contributed by atoms with Crippen molar-refractivity contribution < 1.29 is 4.74 Å². The lowest BCUT2D eigenvalue weighted by Crippen LogP contribution is -2.34. The summed E-state index contributed by atoms with van der Waals surface area (Å²) >= 11 is 0. The molecule has 176 valence electrons. The molecular weight excluding hydrogens is 436 g/mol. The van der Waals surface area contributed by atoms with Crippen molar-refractivity contribution in [3.8, 4) is 0 Å². The minimum Gasteiger partial charge on any atom is -0.357 e. The third-order valence-electron chi connectivity index (χ3n) is 6.73. The number of hydrogen-bond donors (Lipinski definition) is 1. The number of aryl methyl sites for hydroxylation is 1. The first-order chi connectivity index (χ1) is 17.1. The highest BCUT2D eigenvalue weighted by molar-refractivity contribution is 5.47. The van der Waals surface area contributed by atoms with E-state index in [0.29, 0.717) is 18.6 Å². The number of allylic oxidation sites excluding steroid dienone is 1. The number of rotatable bonds is 7. The topological polar surface area (TPSA) is 64.1 Å². The Hall–Kier alpha value is -3.96. The maximum atomic E-state index is 12.4. The lowest BCUT2D eigenvalue weighted by Gasteiger charge is -2.36. The van der Waals surface area contributed by atoms with E-state index in [4.69, 9.17) is 4.74 Å². The number of benzene rings is 3. The van der Waals surface area contributed by atoms with Gasteiger partial charge in [-0.05, 0) is 42.0 Å². The van der Waals surface area contributed by atoms with Crippen LogP contribution in [0.5, 0.6) is 0 Å². The van der Waals surface area contributed by atoms with Gasteiger partial charge in [-0.1, -0.05) is 97.1 Å². The van der Waals surface area contributed by atoms with Gasteiger partial charge in [0.1, 0.15) is 5.60 Å². The van der Waals surface area contributed by atoms with Crippen molar-refractivity contribution in [1.82, 2.24) is 9.55 Å². The first-order valence-electron chi connectivity index (χ1n) is 11.9. The Morgan fingerprint density at radius 1 is 0.857 bits per heavy atom. The largest absolute Gasteiger partial charge is 0.357 e. The molecule has 0 fully saturated rings. The molecule has 5 nitrogen and oxygen atoms in total. The number of aromatic nitrogens is 2. The van der Waals surface area contributed by atoms with E-state index in [9.17, 15) is 9.59 Å². The Balaban J connectivity index is 1.48. The van der Waals surface area contributed by atoms with Crippen molar-refractivity contribution in [1.29, 1.82) is 0 Å². The van der Waals surface area contributed by atoms with Gasteiger partial charge in [-0.15, -0.1) is 0 Å². The highest BCUT2D eigenvalue weighted by Crippen LogP contribution is 2.41. The summed E-state index contributed by atoms with van der Waals surface area (Å²) in [7, 11) is 0. The highest BCUT2D eigenvalue weighted by Gasteiger charge is 2.38. The predicted molar refractivity (Wildman–Crippen MR) is 138 cm³/mol. The van der Waals surface area contributed by atoms with Gasteiger partial charge < -0.3 is 4.74 Å². The van der Waals surface area contributed by atoms with Gasteiger partial charge in [0.15, 0.2) is 0 Å². The molecule has 0 saturated carbocycles. The van der Waals surface area contributed by atoms with Crippen LogP contribution in [-0.4, -0.2) is 16.2 Å². The molecule has 1 atom stereocenters. The molecule has 1 heterocycles. The van der Waals surface area contributed by atoms with E-state index in [1.54, 1.807) is 17.7 Å². The van der Waals surface area contributed by atoms with Gasteiger partial charge >= 0.3 is 5.69 Å². The van der Waals surface area contributed by atoms with E-state index in [2.05, 4.69) is 47.5 Å². The molecule has 1 aliphatic rings. The minimum absolute atomic E-state index is 0.0313. The van der Waals surface area contributed by atoms with E-state index < -0.39 is 5.60 Å². The second kappa shape index (κ2) is 9.72. The Bertz CT molecular complexity index is 1340. The number of nitrogens with zero attached hydrogens (tertiary/aromatic N) is 1. The third kappa shape index (κ3) is 4.43. The molecule has 0 amide bonds. The molecule has 4 aromatic rings. The van der Waals surface area contributed by atoms with E-state index in [1.165, 1.54) is 0 Å². The summed E-state index contributed by atoms with van der Waals surface area (Å²) in [6, 6.07) is 30.9. The summed E-state index contributed by atoms with van der Waals surface area (Å²) in [5.74, 6) is 0. The standard InChI is InChI=1S/C30H28N2O3/c1-22-20-32(29(34)31-28(22)33)27-18-17-23(19-27)21-35-30(24-11-5-2-6-12-24,25-13-7-3-8-14-25)26-15-9-4-10-16-26/h2-17,20,27H,18-19,21H2,1H3,(H,31,33,34)/t27-/m0/s1. The van der Waals surface area contributed by atoms with Crippen LogP contribution in [0.25, 0.3) is 0 Å². The molecule has 1 aliphatic carbocycles. The van der Waals surface area contributed by atoms with Gasteiger partial charge in [0.2, 0.25) is 0 Å². The molecule has 5 rings (SSSR count). The SMILES string of the molecule is Cc1cn([C@H]2CC=C(COC(c3ccccc3)(c3ccccc3)c3ccccc3)C2)c(=O)[nH]c1=O. The number of H-pyrrole nitrogens is 1. The van der Waals surface area contributed by atoms with Crippen molar-refractivity contribution in [2.75, 3.05) is 6.61 Å². The lowest BCUT2D eigenvalue weighted by atomic mass is 9.80. The average Bonchev–Trinajstić information content (AvgIpc) is 3.37. The average molecular weight is 465 g/mol. The summed E-state index contributed by atoms with van der Waals surface area (Å²) in [5.41, 5.74) is 3.35. The quantitative estimate of drug-likeness (QED) is 0.305. The van der Waals surface area contributed by atoms with E-state index in [1.807, 2.05) is 54.6 Å². The lowest BCUT2D eigenvalue weighted by molar-refractivity contribution is 0.0267. The number of ether oxygens (including phenoxy) is 1. The third-order valence-corrected chi connectivity index (χ3v) is 6.73. The summed E-state index contributed by atoms with van der Waals surface area (Å²) in [6.45, 7) is 2.14. The molecule has 1 N–H and O–H groups in total. The molecule has 0 aliphatic heterocycles. The van der Waals surface area contributed by atoms with Gasteiger partial charge in [0.05, 0.1) is 6.61 Å². The Morgan fingerprint density at radius 3 is 1.89 bits per heavy atom. The maximum Gasteiger partial charge on any atom is 0.328 e. The predicted octanol–water partition coefficient (Wildman–Crippen LogP) is 5.12. The smallest absolute Gasteiger partial charge is 0.328 e. The first kappa shape index (κ1) is 22.8. The van der Waals surface area contributed by atoms with E-state index in [0.717, 1.165) is 28.7 Å². The van der Waals surface area contributed by atoms with Crippen molar-refractivity contribution >= 4 is 0 Å². The summed E-state index contributed by atoms with van der Waals surface area (Å²) in [4.78, 5) is 26.6. The van der Waals surface area contributed by atoms with Crippen LogP contribution in [0.1, 0.15) is 41.1 Å². The van der Waals surface area contributed by atoms with Crippen molar-refractivity contribution in [2.24, 2.45) is 0 Å². The van der Waals surface area contributed by atoms with Gasteiger partial charge in [0, 0.05) is 17.8 Å². The molecule has 0 spiro atoms. The van der Waals surface area contributed by atoms with Gasteiger partial charge in [-0.3, -0.25) is 14.3 Å². The molecule has 35 heavy (non-hydrogen) atoms. The maximum absolute atomic E-state index is 12.4. The molecule has 3 aromatic carbocycles. The molecule has 5 heteroatoms. The van der Waals surface area contributed by atoms with Crippen molar-refractivity contribution in [3.05, 3.63) is 152 Å². The summed E-state index contributed by atoms with van der Waals surface area (Å²) in [6.07, 6.45) is 5.23. The van der Waals surface area contributed by atoms with E-state index >= 15 is 0 Å². The van der Waals surface area contributed by atoms with Gasteiger partial charge in [0.25, 0.3) is 5.56 Å². The Morgan fingerprint density at radius 2 is 1.37 bits per heavy atom. The summed E-state index contributed by atoms with van der Waals surface area (Å²) in [5, 5.41) is 0. The molecule has 0 bridgehead atoms. The zero-order valence-electron chi connectivity index (χ0n) is 19.7. The second-order valence-corrected chi connectivity index (χ2v) is 9.00. The van der Waals surface area contributed by atoms with Crippen LogP contribution in [-0.2, 0) is 10.3 Å². The number of hydrogen-bond acceptors (Lipinski definition) is 3. The normalized spacial score (nSPS) is 15.7. The first-order valence-corrected chi connectivity index (χ1v) is 11.9. The number of aromatic amines is 1. The Kier molecular flexibility index (Phi) is 6.34. The fourth-order valence-electron chi connectivity index (χ4n) is 4.93. The molecule has 0 radical (unpaired) electrons. The van der Waals surface area contributed by atoms with E-state index in [-0.39, 0.29) is 17.3 Å². The zero-order chi connectivity index (χ0) is 24.3. The van der Waals surface area contributed by atoms with Crippen LogP contribution in [0.2, 0.25) is 0 Å². The molecular formula is C30H28N2O3. The fourth-order valence-corrected chi connectivity index (χ4v) is 4.93.